The molecule has 0 amide bonds. The molecule has 0 saturated carbocycles. The van der Waals surface area contributed by atoms with Crippen LogP contribution in [-0.4, -0.2) is 22.4 Å². The van der Waals surface area contributed by atoms with Crippen LogP contribution in [0.2, 0.25) is 0 Å². The lowest BCUT2D eigenvalue weighted by atomic mass is 10.2. The van der Waals surface area contributed by atoms with Gasteiger partial charge in [0.2, 0.25) is 0 Å². The first-order valence-electron chi connectivity index (χ1n) is 5.63. The fourth-order valence-corrected chi connectivity index (χ4v) is 1.57. The van der Waals surface area contributed by atoms with Gasteiger partial charge in [0.1, 0.15) is 11.5 Å². The zero-order chi connectivity index (χ0) is 12.8. The van der Waals surface area contributed by atoms with Crippen molar-refractivity contribution in [1.29, 1.82) is 0 Å². The van der Waals surface area contributed by atoms with Gasteiger partial charge in [0.05, 0.1) is 12.8 Å². The molecule has 0 saturated heterocycles. The molecule has 1 aromatic carbocycles. The fraction of sp³-hybridized carbons (Fsp3) is 0.231. The van der Waals surface area contributed by atoms with Gasteiger partial charge in [-0.3, -0.25) is 0 Å². The molecule has 1 aromatic heterocycles. The lowest BCUT2D eigenvalue weighted by Gasteiger charge is -2.07. The van der Waals surface area contributed by atoms with E-state index < -0.39 is 0 Å². The summed E-state index contributed by atoms with van der Waals surface area (Å²) in [7, 11) is 1.57. The zero-order valence-electron chi connectivity index (χ0n) is 10.1. The summed E-state index contributed by atoms with van der Waals surface area (Å²) < 4.78 is 5.03. The highest BCUT2D eigenvalue weighted by Gasteiger charge is 2.03. The summed E-state index contributed by atoms with van der Waals surface area (Å²) in [6.07, 6.45) is 1.64. The van der Waals surface area contributed by atoms with Crippen molar-refractivity contribution in [3.8, 4) is 11.5 Å². The maximum Gasteiger partial charge on any atom is 0.123 e. The standard InChI is InChI=1S/C13H15N3O2/c1-18-12-5-4-10(13(17)7-12)8-14-9-11-3-2-6-15-16-11/h2-7,14,17H,8-9H2,1H3. The fourth-order valence-electron chi connectivity index (χ4n) is 1.57. The van der Waals surface area contributed by atoms with E-state index in [9.17, 15) is 5.11 Å². The number of phenols is 1. The van der Waals surface area contributed by atoms with Crippen LogP contribution in [0.3, 0.4) is 0 Å². The van der Waals surface area contributed by atoms with E-state index >= 15 is 0 Å². The summed E-state index contributed by atoms with van der Waals surface area (Å²) in [5.41, 5.74) is 1.69. The molecule has 18 heavy (non-hydrogen) atoms. The van der Waals surface area contributed by atoms with Crippen molar-refractivity contribution in [2.75, 3.05) is 7.11 Å². The summed E-state index contributed by atoms with van der Waals surface area (Å²) >= 11 is 0. The molecule has 5 nitrogen and oxygen atoms in total. The Balaban J connectivity index is 1.91. The van der Waals surface area contributed by atoms with Gasteiger partial charge in [0, 0.05) is 30.9 Å². The summed E-state index contributed by atoms with van der Waals surface area (Å²) in [6, 6.07) is 8.99. The Bertz CT molecular complexity index is 503. The van der Waals surface area contributed by atoms with E-state index in [0.717, 1.165) is 11.3 Å². The zero-order valence-corrected chi connectivity index (χ0v) is 10.1. The highest BCUT2D eigenvalue weighted by molar-refractivity contribution is 5.39. The van der Waals surface area contributed by atoms with Crippen molar-refractivity contribution < 1.29 is 9.84 Å². The number of nitrogens with zero attached hydrogens (tertiary/aromatic N) is 2. The van der Waals surface area contributed by atoms with Crippen LogP contribution in [0, 0.1) is 0 Å². The number of nitrogens with one attached hydrogen (secondary N) is 1. The minimum absolute atomic E-state index is 0.223. The van der Waals surface area contributed by atoms with Crippen molar-refractivity contribution in [3.05, 3.63) is 47.8 Å². The first kappa shape index (κ1) is 12.3. The first-order chi connectivity index (χ1) is 8.79. The van der Waals surface area contributed by atoms with Gasteiger partial charge >= 0.3 is 0 Å². The molecule has 2 aromatic rings. The molecule has 0 aliphatic carbocycles. The topological polar surface area (TPSA) is 67.3 Å². The van der Waals surface area contributed by atoms with Gasteiger partial charge in [-0.15, -0.1) is 0 Å². The number of methoxy groups -OCH3 is 1. The number of phenolic OH excluding ortho intramolecular Hbond substituents is 1. The molecule has 2 rings (SSSR count). The number of rotatable bonds is 5. The van der Waals surface area contributed by atoms with Crippen molar-refractivity contribution in [2.24, 2.45) is 0 Å². The molecular weight excluding hydrogens is 230 g/mol. The van der Waals surface area contributed by atoms with Crippen LogP contribution < -0.4 is 10.1 Å². The Morgan fingerprint density at radius 1 is 1.28 bits per heavy atom. The lowest BCUT2D eigenvalue weighted by Crippen LogP contribution is -2.14. The van der Waals surface area contributed by atoms with Gasteiger partial charge in [0.15, 0.2) is 0 Å². The molecule has 94 valence electrons. The third kappa shape index (κ3) is 3.18. The van der Waals surface area contributed by atoms with Crippen LogP contribution in [0.15, 0.2) is 36.5 Å². The van der Waals surface area contributed by atoms with Gasteiger partial charge in [-0.25, -0.2) is 0 Å². The van der Waals surface area contributed by atoms with Gasteiger partial charge in [-0.2, -0.15) is 10.2 Å². The minimum Gasteiger partial charge on any atom is -0.507 e. The molecule has 5 heteroatoms. The second-order valence-corrected chi connectivity index (χ2v) is 3.81. The monoisotopic (exact) mass is 245 g/mol. The molecule has 0 radical (unpaired) electrons. The van der Waals surface area contributed by atoms with E-state index in [2.05, 4.69) is 15.5 Å². The highest BCUT2D eigenvalue weighted by atomic mass is 16.5. The average molecular weight is 245 g/mol. The van der Waals surface area contributed by atoms with Crippen molar-refractivity contribution in [1.82, 2.24) is 15.5 Å². The number of hydrogen-bond donors (Lipinski definition) is 2. The van der Waals surface area contributed by atoms with Gasteiger partial charge in [-0.1, -0.05) is 6.07 Å². The maximum atomic E-state index is 9.77. The summed E-state index contributed by atoms with van der Waals surface area (Å²) in [4.78, 5) is 0. The molecular formula is C13H15N3O2. The van der Waals surface area contributed by atoms with Crippen LogP contribution in [-0.2, 0) is 13.1 Å². The second kappa shape index (κ2) is 5.97. The lowest BCUT2D eigenvalue weighted by molar-refractivity contribution is 0.406. The SMILES string of the molecule is COc1ccc(CNCc2cccnn2)c(O)c1. The van der Waals surface area contributed by atoms with E-state index in [1.54, 1.807) is 19.4 Å². The van der Waals surface area contributed by atoms with Gasteiger partial charge < -0.3 is 15.2 Å². The minimum atomic E-state index is 0.223. The van der Waals surface area contributed by atoms with E-state index in [-0.39, 0.29) is 5.75 Å². The molecule has 0 unspecified atom stereocenters. The van der Waals surface area contributed by atoms with E-state index in [0.29, 0.717) is 18.8 Å². The Morgan fingerprint density at radius 3 is 2.83 bits per heavy atom. The van der Waals surface area contributed by atoms with Crippen molar-refractivity contribution in [3.63, 3.8) is 0 Å². The first-order valence-corrected chi connectivity index (χ1v) is 5.63. The third-order valence-corrected chi connectivity index (χ3v) is 2.54. The van der Waals surface area contributed by atoms with Crippen LogP contribution >= 0.6 is 0 Å². The predicted molar refractivity (Wildman–Crippen MR) is 67.2 cm³/mol. The summed E-state index contributed by atoms with van der Waals surface area (Å²) in [6.45, 7) is 1.17. The van der Waals surface area contributed by atoms with Gasteiger partial charge in [-0.05, 0) is 18.2 Å². The number of hydrogen-bond acceptors (Lipinski definition) is 5. The Hall–Kier alpha value is -2.14. The van der Waals surface area contributed by atoms with E-state index in [1.165, 1.54) is 0 Å². The molecule has 0 bridgehead atoms. The molecule has 1 heterocycles. The van der Waals surface area contributed by atoms with E-state index in [4.69, 9.17) is 4.74 Å². The summed E-state index contributed by atoms with van der Waals surface area (Å²) in [5, 5.41) is 20.7. The Labute approximate surface area is 105 Å². The van der Waals surface area contributed by atoms with Crippen molar-refractivity contribution >= 4 is 0 Å². The highest BCUT2D eigenvalue weighted by Crippen LogP contribution is 2.23. The third-order valence-electron chi connectivity index (χ3n) is 2.54. The maximum absolute atomic E-state index is 9.77. The number of ether oxygens (including phenoxy) is 1. The average Bonchev–Trinajstić information content (AvgIpc) is 2.42. The van der Waals surface area contributed by atoms with Crippen LogP contribution in [0.25, 0.3) is 0 Å². The Morgan fingerprint density at radius 2 is 2.17 bits per heavy atom. The number of aromatic hydroxyl groups is 1. The molecule has 0 aliphatic heterocycles. The largest absolute Gasteiger partial charge is 0.507 e. The second-order valence-electron chi connectivity index (χ2n) is 3.81. The smallest absolute Gasteiger partial charge is 0.123 e. The van der Waals surface area contributed by atoms with Gasteiger partial charge in [0.25, 0.3) is 0 Å². The molecule has 0 aliphatic rings. The molecule has 0 atom stereocenters. The van der Waals surface area contributed by atoms with Crippen LogP contribution in [0.4, 0.5) is 0 Å². The normalized spacial score (nSPS) is 10.3. The molecule has 2 N–H and O–H groups in total. The quantitative estimate of drug-likeness (QED) is 0.835. The molecule has 0 spiro atoms. The van der Waals surface area contributed by atoms with Crippen LogP contribution in [0.5, 0.6) is 11.5 Å². The van der Waals surface area contributed by atoms with Crippen LogP contribution in [0.1, 0.15) is 11.3 Å². The van der Waals surface area contributed by atoms with E-state index in [1.807, 2.05) is 24.3 Å². The van der Waals surface area contributed by atoms with Crippen molar-refractivity contribution in [2.45, 2.75) is 13.1 Å². The predicted octanol–water partition coefficient (Wildman–Crippen LogP) is 1.48. The Kier molecular flexibility index (Phi) is 4.09. The molecule has 0 fully saturated rings. The number of aromatic nitrogens is 2. The number of benzene rings is 1. The summed E-state index contributed by atoms with van der Waals surface area (Å²) in [5.74, 6) is 0.867.